The lowest BCUT2D eigenvalue weighted by molar-refractivity contribution is -0.137. The maximum atomic E-state index is 12.8. The van der Waals surface area contributed by atoms with Crippen molar-refractivity contribution in [3.8, 4) is 16.9 Å². The van der Waals surface area contributed by atoms with Crippen LogP contribution in [0, 0.1) is 0 Å². The van der Waals surface area contributed by atoms with Crippen LogP contribution in [0.4, 0.5) is 13.2 Å². The first-order valence-corrected chi connectivity index (χ1v) is 13.9. The van der Waals surface area contributed by atoms with Crippen molar-refractivity contribution in [1.29, 1.82) is 0 Å². The summed E-state index contributed by atoms with van der Waals surface area (Å²) in [4.78, 5) is 9.20. The highest BCUT2D eigenvalue weighted by Gasteiger charge is 2.30. The van der Waals surface area contributed by atoms with Crippen molar-refractivity contribution in [2.45, 2.75) is 32.2 Å². The Balaban J connectivity index is 1.02. The minimum Gasteiger partial charge on any atom is -0.491 e. The monoisotopic (exact) mass is 559 g/mol. The van der Waals surface area contributed by atoms with Gasteiger partial charge in [0.15, 0.2) is 0 Å². The highest BCUT2D eigenvalue weighted by molar-refractivity contribution is 7.18. The smallest absolute Gasteiger partial charge is 0.416 e. The fourth-order valence-electron chi connectivity index (χ4n) is 4.67. The van der Waals surface area contributed by atoms with E-state index >= 15 is 0 Å². The van der Waals surface area contributed by atoms with Crippen LogP contribution in [0.3, 0.4) is 0 Å². The minimum atomic E-state index is -4.34. The molecule has 0 aliphatic carbocycles. The van der Waals surface area contributed by atoms with E-state index in [1.807, 2.05) is 29.1 Å². The second-order valence-corrected chi connectivity index (χ2v) is 10.9. The van der Waals surface area contributed by atoms with Crippen molar-refractivity contribution in [3.63, 3.8) is 0 Å². The third-order valence-electron chi connectivity index (χ3n) is 6.91. The Morgan fingerprint density at radius 2 is 1.74 bits per heavy atom. The quantitative estimate of drug-likeness (QED) is 0.301. The molecule has 0 spiro atoms. The van der Waals surface area contributed by atoms with Crippen molar-refractivity contribution in [2.24, 2.45) is 0 Å². The van der Waals surface area contributed by atoms with Crippen molar-refractivity contribution < 1.29 is 23.0 Å². The predicted molar refractivity (Wildman–Crippen MR) is 146 cm³/mol. The second kappa shape index (κ2) is 12.0. The maximum Gasteiger partial charge on any atom is 0.416 e. The van der Waals surface area contributed by atoms with Gasteiger partial charge in [-0.15, -0.1) is 11.3 Å². The van der Waals surface area contributed by atoms with Crippen molar-refractivity contribution in [2.75, 3.05) is 45.9 Å². The summed E-state index contributed by atoms with van der Waals surface area (Å²) in [6.07, 6.45) is -0.459. The summed E-state index contributed by atoms with van der Waals surface area (Å²) in [5, 5.41) is 16.0. The van der Waals surface area contributed by atoms with Gasteiger partial charge in [0.05, 0.1) is 33.5 Å². The van der Waals surface area contributed by atoms with Crippen LogP contribution in [0.2, 0.25) is 0 Å². The van der Waals surface area contributed by atoms with E-state index < -0.39 is 17.8 Å². The van der Waals surface area contributed by atoms with E-state index in [0.717, 1.165) is 77.8 Å². The fraction of sp³-hybridized carbons (Fsp3) is 0.429. The van der Waals surface area contributed by atoms with Crippen LogP contribution < -0.4 is 4.74 Å². The van der Waals surface area contributed by atoms with Crippen LogP contribution in [0.25, 0.3) is 21.3 Å². The van der Waals surface area contributed by atoms with Gasteiger partial charge in [0.25, 0.3) is 0 Å². The van der Waals surface area contributed by atoms with Gasteiger partial charge in [-0.25, -0.2) is 4.98 Å². The molecule has 1 aliphatic rings. The standard InChI is InChI=1S/C28H32F3N5O2S/c1-2-27-33-25-15-24(7-8-26(25)39-27)38-19-23(37)18-35-11-9-34(10-12-35)13-14-36-17-21(16-32-36)20-3-5-22(6-4-20)28(29,30)31/h3-8,15-17,23,37H,2,9-14,18-19H2,1H3/t23-/m0/s1. The van der Waals surface area contributed by atoms with Gasteiger partial charge in [-0.05, 0) is 36.2 Å². The zero-order valence-electron chi connectivity index (χ0n) is 21.8. The molecule has 3 heterocycles. The molecule has 2 aromatic heterocycles. The second-order valence-electron chi connectivity index (χ2n) is 9.76. The van der Waals surface area contributed by atoms with Crippen LogP contribution >= 0.6 is 11.3 Å². The number of fused-ring (bicyclic) bond motifs is 1. The number of halogens is 3. The molecule has 0 amide bonds. The van der Waals surface area contributed by atoms with Gasteiger partial charge >= 0.3 is 6.18 Å². The van der Waals surface area contributed by atoms with Gasteiger partial charge in [-0.1, -0.05) is 19.1 Å². The van der Waals surface area contributed by atoms with Gasteiger partial charge in [-0.2, -0.15) is 18.3 Å². The van der Waals surface area contributed by atoms with Gasteiger partial charge in [-0.3, -0.25) is 14.5 Å². The lowest BCUT2D eigenvalue weighted by atomic mass is 10.1. The molecule has 0 unspecified atom stereocenters. The molecule has 11 heteroatoms. The molecule has 1 aliphatic heterocycles. The minimum absolute atomic E-state index is 0.233. The molecule has 1 atom stereocenters. The molecule has 0 radical (unpaired) electrons. The van der Waals surface area contributed by atoms with E-state index in [-0.39, 0.29) is 6.61 Å². The number of aryl methyl sites for hydroxylation is 1. The molecule has 2 aromatic carbocycles. The highest BCUT2D eigenvalue weighted by Crippen LogP contribution is 2.31. The van der Waals surface area contributed by atoms with Crippen molar-refractivity contribution >= 4 is 21.6 Å². The molecule has 5 rings (SSSR count). The Morgan fingerprint density at radius 1 is 1.00 bits per heavy atom. The summed E-state index contributed by atoms with van der Waals surface area (Å²) in [6.45, 7) is 7.90. The van der Waals surface area contributed by atoms with E-state index in [2.05, 4.69) is 26.8 Å². The molecule has 1 saturated heterocycles. The number of aromatic nitrogens is 3. The van der Waals surface area contributed by atoms with Crippen molar-refractivity contribution in [1.82, 2.24) is 24.6 Å². The summed E-state index contributed by atoms with van der Waals surface area (Å²) in [7, 11) is 0. The SMILES string of the molecule is CCc1nc2cc(OC[C@@H](O)CN3CCN(CCn4cc(-c5ccc(C(F)(F)F)cc5)cn4)CC3)ccc2s1. The number of nitrogens with zero attached hydrogens (tertiary/aromatic N) is 5. The number of benzene rings is 2. The van der Waals surface area contributed by atoms with Crippen molar-refractivity contribution in [3.05, 3.63) is 65.4 Å². The molecule has 1 N–H and O–H groups in total. The van der Waals surface area contributed by atoms with E-state index in [1.54, 1.807) is 17.5 Å². The van der Waals surface area contributed by atoms with Crippen LogP contribution in [0.15, 0.2) is 54.9 Å². The number of ether oxygens (including phenoxy) is 1. The first kappa shape index (κ1) is 27.6. The molecule has 1 fully saturated rings. The number of aliphatic hydroxyl groups excluding tert-OH is 1. The normalized spacial score (nSPS) is 16.1. The van der Waals surface area contributed by atoms with Gasteiger partial charge in [0, 0.05) is 57.1 Å². The number of piperazine rings is 1. The highest BCUT2D eigenvalue weighted by atomic mass is 32.1. The van der Waals surface area contributed by atoms with E-state index in [9.17, 15) is 18.3 Å². The Bertz CT molecular complexity index is 1360. The van der Waals surface area contributed by atoms with Crippen LogP contribution in [-0.2, 0) is 19.1 Å². The summed E-state index contributed by atoms with van der Waals surface area (Å²) in [6, 6.07) is 11.0. The zero-order chi connectivity index (χ0) is 27.4. The molecular weight excluding hydrogens is 527 g/mol. The van der Waals surface area contributed by atoms with Gasteiger partial charge in [0.2, 0.25) is 0 Å². The third kappa shape index (κ3) is 7.16. The largest absolute Gasteiger partial charge is 0.491 e. The Labute approximate surface area is 229 Å². The predicted octanol–water partition coefficient (Wildman–Crippen LogP) is 4.80. The Hall–Kier alpha value is -2.99. The fourth-order valence-corrected chi connectivity index (χ4v) is 5.55. The van der Waals surface area contributed by atoms with Crippen LogP contribution in [0.5, 0.6) is 5.75 Å². The molecule has 208 valence electrons. The molecule has 4 aromatic rings. The Morgan fingerprint density at radius 3 is 2.46 bits per heavy atom. The number of aliphatic hydroxyl groups is 1. The summed E-state index contributed by atoms with van der Waals surface area (Å²) in [5.41, 5.74) is 1.78. The maximum absolute atomic E-state index is 12.8. The van der Waals surface area contributed by atoms with E-state index in [0.29, 0.717) is 18.7 Å². The number of alkyl halides is 3. The average molecular weight is 560 g/mol. The molecule has 0 saturated carbocycles. The lowest BCUT2D eigenvalue weighted by Crippen LogP contribution is -2.49. The third-order valence-corrected chi connectivity index (χ3v) is 8.09. The van der Waals surface area contributed by atoms with Gasteiger partial charge < -0.3 is 9.84 Å². The molecule has 39 heavy (non-hydrogen) atoms. The first-order valence-electron chi connectivity index (χ1n) is 13.1. The summed E-state index contributed by atoms with van der Waals surface area (Å²) < 4.78 is 47.2. The number of β-amino-alcohol motifs (C(OH)–C–C–N with tert-alkyl or cyclic N) is 1. The lowest BCUT2D eigenvalue weighted by Gasteiger charge is -2.35. The topological polar surface area (TPSA) is 66.7 Å². The zero-order valence-corrected chi connectivity index (χ0v) is 22.6. The molecule has 7 nitrogen and oxygen atoms in total. The number of thiazole rings is 1. The van der Waals surface area contributed by atoms with Crippen LogP contribution in [0.1, 0.15) is 17.5 Å². The molecule has 0 bridgehead atoms. The first-order chi connectivity index (χ1) is 18.8. The van der Waals surface area contributed by atoms with E-state index in [4.69, 9.17) is 4.74 Å². The average Bonchev–Trinajstić information content (AvgIpc) is 3.58. The molecular formula is C28H32F3N5O2S. The van der Waals surface area contributed by atoms with Gasteiger partial charge in [0.1, 0.15) is 18.5 Å². The van der Waals surface area contributed by atoms with Crippen LogP contribution in [-0.4, -0.2) is 81.7 Å². The summed E-state index contributed by atoms with van der Waals surface area (Å²) >= 11 is 1.69. The Kier molecular flexibility index (Phi) is 8.51. The number of rotatable bonds is 10. The number of hydrogen-bond acceptors (Lipinski definition) is 7. The number of hydrogen-bond donors (Lipinski definition) is 1. The summed E-state index contributed by atoms with van der Waals surface area (Å²) in [5.74, 6) is 0.722. The van der Waals surface area contributed by atoms with E-state index in [1.165, 1.54) is 12.1 Å².